The molecule has 1 aliphatic heterocycles. The number of anilines is 1. The Labute approximate surface area is 156 Å². The largest absolute Gasteiger partial charge is 0.382 e. The van der Waals surface area contributed by atoms with E-state index < -0.39 is 6.03 Å². The van der Waals surface area contributed by atoms with Crippen molar-refractivity contribution < 1.29 is 19.1 Å². The highest BCUT2D eigenvalue weighted by Gasteiger charge is 2.28. The number of likely N-dealkylation sites (N-methyl/N-ethyl adjacent to an activating group) is 1. The summed E-state index contributed by atoms with van der Waals surface area (Å²) >= 11 is 0. The van der Waals surface area contributed by atoms with E-state index in [1.54, 1.807) is 49.5 Å². The Morgan fingerprint density at radius 1 is 1.26 bits per heavy atom. The fourth-order valence-electron chi connectivity index (χ4n) is 2.91. The third-order valence-corrected chi connectivity index (χ3v) is 4.36. The normalized spacial score (nSPS) is 14.8. The minimum atomic E-state index is -0.466. The van der Waals surface area contributed by atoms with Crippen LogP contribution in [0.5, 0.6) is 0 Å². The molecule has 0 bridgehead atoms. The van der Waals surface area contributed by atoms with Crippen LogP contribution in [0.15, 0.2) is 48.7 Å². The molecule has 0 saturated carbocycles. The van der Waals surface area contributed by atoms with Gasteiger partial charge in [0.05, 0.1) is 18.3 Å². The van der Waals surface area contributed by atoms with Crippen LogP contribution in [0.2, 0.25) is 0 Å². The Bertz CT molecular complexity index is 839. The Balaban J connectivity index is 1.78. The van der Waals surface area contributed by atoms with Gasteiger partial charge in [-0.05, 0) is 36.4 Å². The number of nitrogens with zero attached hydrogens (tertiary/aromatic N) is 3. The average molecular weight is 368 g/mol. The zero-order valence-electron chi connectivity index (χ0n) is 15.1. The summed E-state index contributed by atoms with van der Waals surface area (Å²) in [5, 5.41) is 2.22. The maximum atomic E-state index is 12.9. The van der Waals surface area contributed by atoms with Crippen molar-refractivity contribution >= 4 is 23.5 Å². The number of rotatable bonds is 6. The van der Waals surface area contributed by atoms with Gasteiger partial charge in [-0.2, -0.15) is 0 Å². The molecule has 0 radical (unpaired) electrons. The monoisotopic (exact) mass is 368 g/mol. The van der Waals surface area contributed by atoms with Crippen LogP contribution in [-0.2, 0) is 9.53 Å². The Kier molecular flexibility index (Phi) is 5.46. The number of nitrogens with one attached hydrogen (secondary N) is 1. The molecule has 0 aliphatic carbocycles. The van der Waals surface area contributed by atoms with Crippen molar-refractivity contribution in [1.82, 2.24) is 15.2 Å². The number of hydrogen-bond donors (Lipinski definition) is 1. The van der Waals surface area contributed by atoms with Gasteiger partial charge in [0, 0.05) is 31.6 Å². The number of benzene rings is 1. The summed E-state index contributed by atoms with van der Waals surface area (Å²) in [4.78, 5) is 43.1. The lowest BCUT2D eigenvalue weighted by Crippen LogP contribution is -2.34. The smallest absolute Gasteiger partial charge is 0.329 e. The van der Waals surface area contributed by atoms with Crippen molar-refractivity contribution in [2.45, 2.75) is 6.04 Å². The van der Waals surface area contributed by atoms with Crippen LogP contribution in [-0.4, -0.2) is 55.0 Å². The van der Waals surface area contributed by atoms with Gasteiger partial charge in [0.25, 0.3) is 5.91 Å². The van der Waals surface area contributed by atoms with E-state index in [1.807, 2.05) is 18.2 Å². The van der Waals surface area contributed by atoms with Crippen molar-refractivity contribution in [2.24, 2.45) is 0 Å². The SMILES string of the molecule is COC[C@@H](c1ccccn1)N(C)C(=O)c1ccc(N2CC(=O)NC2=O)cc1. The number of hydrogen-bond acceptors (Lipinski definition) is 5. The number of aromatic nitrogens is 1. The number of carbonyl (C=O) groups excluding carboxylic acids is 3. The van der Waals surface area contributed by atoms with Gasteiger partial charge in [-0.25, -0.2) is 4.79 Å². The van der Waals surface area contributed by atoms with Gasteiger partial charge in [-0.3, -0.25) is 24.8 Å². The van der Waals surface area contributed by atoms with Crippen LogP contribution in [0.1, 0.15) is 22.1 Å². The molecule has 8 heteroatoms. The van der Waals surface area contributed by atoms with E-state index in [0.29, 0.717) is 17.9 Å². The highest BCUT2D eigenvalue weighted by atomic mass is 16.5. The lowest BCUT2D eigenvalue weighted by Gasteiger charge is -2.27. The molecule has 3 rings (SSSR count). The molecule has 0 unspecified atom stereocenters. The second kappa shape index (κ2) is 7.96. The van der Waals surface area contributed by atoms with Crippen molar-refractivity contribution in [2.75, 3.05) is 32.2 Å². The first-order valence-corrected chi connectivity index (χ1v) is 8.39. The quantitative estimate of drug-likeness (QED) is 0.782. The van der Waals surface area contributed by atoms with Crippen LogP contribution in [0, 0.1) is 0 Å². The van der Waals surface area contributed by atoms with Crippen molar-refractivity contribution in [3.05, 3.63) is 59.9 Å². The molecule has 1 aromatic heterocycles. The first kappa shape index (κ1) is 18.5. The van der Waals surface area contributed by atoms with Crippen molar-refractivity contribution in [1.29, 1.82) is 0 Å². The standard InChI is InChI=1S/C19H20N4O4/c1-22(16(12-27-2)15-5-3-4-10-20-15)18(25)13-6-8-14(9-7-13)23-11-17(24)21-19(23)26/h3-10,16H,11-12H2,1-2H3,(H,21,24,26)/t16-/m0/s1. The summed E-state index contributed by atoms with van der Waals surface area (Å²) in [6.45, 7) is 0.287. The van der Waals surface area contributed by atoms with Crippen LogP contribution < -0.4 is 10.2 Å². The zero-order valence-corrected chi connectivity index (χ0v) is 15.1. The summed E-state index contributed by atoms with van der Waals surface area (Å²) in [7, 11) is 3.27. The number of urea groups is 1. The molecule has 2 aromatic rings. The van der Waals surface area contributed by atoms with Crippen LogP contribution in [0.3, 0.4) is 0 Å². The van der Waals surface area contributed by atoms with Crippen LogP contribution >= 0.6 is 0 Å². The first-order chi connectivity index (χ1) is 13.0. The van der Waals surface area contributed by atoms with E-state index in [4.69, 9.17) is 4.74 Å². The van der Waals surface area contributed by atoms with E-state index in [-0.39, 0.29) is 24.4 Å². The maximum Gasteiger partial charge on any atom is 0.329 e. The maximum absolute atomic E-state index is 12.9. The Morgan fingerprint density at radius 3 is 2.56 bits per heavy atom. The minimum Gasteiger partial charge on any atom is -0.382 e. The fraction of sp³-hybridized carbons (Fsp3) is 0.263. The Morgan fingerprint density at radius 2 is 2.00 bits per heavy atom. The van der Waals surface area contributed by atoms with Crippen LogP contribution in [0.25, 0.3) is 0 Å². The highest BCUT2D eigenvalue weighted by Crippen LogP contribution is 2.22. The molecule has 1 saturated heterocycles. The van der Waals surface area contributed by atoms with Crippen molar-refractivity contribution in [3.63, 3.8) is 0 Å². The summed E-state index contributed by atoms with van der Waals surface area (Å²) in [5.41, 5.74) is 1.75. The molecule has 1 atom stereocenters. The molecule has 4 amide bonds. The number of amides is 4. The average Bonchev–Trinajstić information content (AvgIpc) is 3.04. The second-order valence-electron chi connectivity index (χ2n) is 6.13. The van der Waals surface area contributed by atoms with E-state index in [9.17, 15) is 14.4 Å². The molecule has 1 aliphatic rings. The van der Waals surface area contributed by atoms with Crippen molar-refractivity contribution in [3.8, 4) is 0 Å². The molecule has 1 fully saturated rings. The van der Waals surface area contributed by atoms with E-state index in [1.165, 1.54) is 4.90 Å². The second-order valence-corrected chi connectivity index (χ2v) is 6.13. The number of methoxy groups -OCH3 is 1. The van der Waals surface area contributed by atoms with Gasteiger partial charge in [-0.15, -0.1) is 0 Å². The van der Waals surface area contributed by atoms with E-state index >= 15 is 0 Å². The summed E-state index contributed by atoms with van der Waals surface area (Å²) < 4.78 is 5.26. The lowest BCUT2D eigenvalue weighted by atomic mass is 10.1. The van der Waals surface area contributed by atoms with Gasteiger partial charge in [-0.1, -0.05) is 6.07 Å². The third kappa shape index (κ3) is 3.95. The molecular weight excluding hydrogens is 348 g/mol. The Hall–Kier alpha value is -3.26. The van der Waals surface area contributed by atoms with E-state index in [0.717, 1.165) is 5.69 Å². The fourth-order valence-corrected chi connectivity index (χ4v) is 2.91. The number of ether oxygens (including phenoxy) is 1. The van der Waals surface area contributed by atoms with Gasteiger partial charge in [0.2, 0.25) is 5.91 Å². The topological polar surface area (TPSA) is 91.8 Å². The minimum absolute atomic E-state index is 0.0262. The molecule has 8 nitrogen and oxygen atoms in total. The molecule has 27 heavy (non-hydrogen) atoms. The summed E-state index contributed by atoms with van der Waals surface area (Å²) in [5.74, 6) is -0.547. The highest BCUT2D eigenvalue weighted by molar-refractivity contribution is 6.12. The molecule has 0 spiro atoms. The zero-order chi connectivity index (χ0) is 19.4. The summed E-state index contributed by atoms with van der Waals surface area (Å²) in [6.07, 6.45) is 1.67. The predicted molar refractivity (Wildman–Crippen MR) is 98.3 cm³/mol. The molecule has 1 N–H and O–H groups in total. The molecule has 2 heterocycles. The third-order valence-electron chi connectivity index (χ3n) is 4.36. The molecule has 1 aromatic carbocycles. The summed E-state index contributed by atoms with van der Waals surface area (Å²) in [6, 6.07) is 11.3. The van der Waals surface area contributed by atoms with Gasteiger partial charge in [0.15, 0.2) is 0 Å². The van der Waals surface area contributed by atoms with E-state index in [2.05, 4.69) is 10.3 Å². The van der Waals surface area contributed by atoms with Gasteiger partial charge in [0.1, 0.15) is 6.54 Å². The number of carbonyl (C=O) groups is 3. The molecule has 140 valence electrons. The van der Waals surface area contributed by atoms with Crippen LogP contribution in [0.4, 0.5) is 10.5 Å². The number of pyridine rings is 1. The molecular formula is C19H20N4O4. The predicted octanol–water partition coefficient (Wildman–Crippen LogP) is 1.60. The first-order valence-electron chi connectivity index (χ1n) is 8.39. The van der Waals surface area contributed by atoms with Gasteiger partial charge < -0.3 is 9.64 Å². The lowest BCUT2D eigenvalue weighted by molar-refractivity contribution is -0.117. The number of imide groups is 1. The van der Waals surface area contributed by atoms with Gasteiger partial charge >= 0.3 is 6.03 Å².